The first kappa shape index (κ1) is 29.4. The molecular weight excluding hydrogens is 583 g/mol. The number of carbonyl (C=O) groups is 1. The number of fused-ring (bicyclic) bond motifs is 1. The minimum Gasteiger partial charge on any atom is -0.468 e. The van der Waals surface area contributed by atoms with Gasteiger partial charge in [0.25, 0.3) is 0 Å². The van der Waals surface area contributed by atoms with Gasteiger partial charge in [0.05, 0.1) is 20.0 Å². The summed E-state index contributed by atoms with van der Waals surface area (Å²) in [5, 5.41) is 26.6. The minimum atomic E-state index is -4.29. The van der Waals surface area contributed by atoms with E-state index in [2.05, 4.69) is 20.0 Å². The SMILES string of the molecule is COC(=O)C1(NP(=O)(OCC2OC(n3cnc4c(N(C)N)nc(N)nc43)[C@](C)(O)[C@@H]2O)Oc2ccc(Cl)cc2)CC1. The number of halogens is 1. The van der Waals surface area contributed by atoms with Crippen molar-refractivity contribution in [2.24, 2.45) is 5.84 Å². The van der Waals surface area contributed by atoms with Crippen LogP contribution < -0.4 is 26.2 Å². The lowest BCUT2D eigenvalue weighted by molar-refractivity contribution is -0.144. The number of aromatic nitrogens is 4. The molecule has 1 aliphatic carbocycles. The van der Waals surface area contributed by atoms with E-state index in [1.807, 2.05) is 0 Å². The molecule has 3 aromatic rings. The Morgan fingerprint density at radius 2 is 2.02 bits per heavy atom. The number of hydrazine groups is 1. The van der Waals surface area contributed by atoms with Gasteiger partial charge in [-0.3, -0.25) is 18.9 Å². The molecule has 2 aromatic heterocycles. The summed E-state index contributed by atoms with van der Waals surface area (Å²) in [4.78, 5) is 24.9. The molecule has 1 aromatic carbocycles. The Kier molecular flexibility index (Phi) is 7.63. The summed E-state index contributed by atoms with van der Waals surface area (Å²) in [5.41, 5.74) is 3.17. The van der Waals surface area contributed by atoms with E-state index in [1.165, 1.54) is 54.2 Å². The molecule has 5 atom stereocenters. The smallest absolute Gasteiger partial charge is 0.459 e. The van der Waals surface area contributed by atoms with Gasteiger partial charge in [0.1, 0.15) is 29.1 Å². The summed E-state index contributed by atoms with van der Waals surface area (Å²) in [6, 6.07) is 6.01. The molecule has 0 spiro atoms. The average molecular weight is 613 g/mol. The summed E-state index contributed by atoms with van der Waals surface area (Å²) in [6.07, 6.45) is -1.94. The van der Waals surface area contributed by atoms with Crippen LogP contribution in [0.2, 0.25) is 5.02 Å². The third-order valence-electron chi connectivity index (χ3n) is 6.89. The Morgan fingerprint density at radius 3 is 2.63 bits per heavy atom. The summed E-state index contributed by atoms with van der Waals surface area (Å²) < 4.78 is 37.5. The standard InChI is InChI=1S/C23H30ClN8O8P/c1-22(35)16(33)14(39-19(22)32-11-27-15-17(31(2)26)28-21(25)29-18(15)32)10-38-41(36,30-23(8-9-23)20(34)37-3)40-13-6-4-12(24)5-7-13/h4-7,11,14,16,19,33,35H,8-10,26H2,1-3H3,(H,30,36)(H2,25,28,29)/t14?,16-,19?,22-,41?/m1/s1. The van der Waals surface area contributed by atoms with Gasteiger partial charge in [-0.2, -0.15) is 15.1 Å². The van der Waals surface area contributed by atoms with Crippen LogP contribution in [0.3, 0.4) is 0 Å². The average Bonchev–Trinajstić information content (AvgIpc) is 3.52. The largest absolute Gasteiger partial charge is 0.468 e. The van der Waals surface area contributed by atoms with Crippen LogP contribution in [0.25, 0.3) is 11.2 Å². The van der Waals surface area contributed by atoms with Gasteiger partial charge in [-0.25, -0.2) is 15.4 Å². The van der Waals surface area contributed by atoms with Gasteiger partial charge in [0, 0.05) is 12.1 Å². The molecule has 1 aliphatic heterocycles. The van der Waals surface area contributed by atoms with E-state index in [-0.39, 0.29) is 28.7 Å². The fourth-order valence-electron chi connectivity index (χ4n) is 4.54. The number of nitrogens with one attached hydrogen (secondary N) is 1. The lowest BCUT2D eigenvalue weighted by Crippen LogP contribution is -2.45. The Labute approximate surface area is 239 Å². The lowest BCUT2D eigenvalue weighted by atomic mass is 9.96. The Balaban J connectivity index is 1.40. The normalized spacial score (nSPS) is 26.5. The maximum atomic E-state index is 13.9. The second-order valence-electron chi connectivity index (χ2n) is 10.1. The number of rotatable bonds is 10. The highest BCUT2D eigenvalue weighted by Gasteiger charge is 2.58. The Bertz CT molecular complexity index is 1500. The van der Waals surface area contributed by atoms with E-state index in [0.717, 1.165) is 0 Å². The molecule has 7 N–H and O–H groups in total. The summed E-state index contributed by atoms with van der Waals surface area (Å²) >= 11 is 5.94. The first-order valence-electron chi connectivity index (χ1n) is 12.4. The number of esters is 1. The van der Waals surface area contributed by atoms with E-state index in [0.29, 0.717) is 17.9 Å². The van der Waals surface area contributed by atoms with Gasteiger partial charge in [0.2, 0.25) is 5.95 Å². The molecule has 18 heteroatoms. The van der Waals surface area contributed by atoms with Gasteiger partial charge in [-0.05, 0) is 44.0 Å². The van der Waals surface area contributed by atoms with Crippen molar-refractivity contribution in [2.75, 3.05) is 31.5 Å². The number of nitrogens with two attached hydrogens (primary N) is 2. The molecule has 1 saturated carbocycles. The number of methoxy groups -OCH3 is 1. The number of aliphatic hydroxyl groups excluding tert-OH is 1. The molecule has 41 heavy (non-hydrogen) atoms. The molecule has 2 fully saturated rings. The number of hydrogen-bond donors (Lipinski definition) is 5. The minimum absolute atomic E-state index is 0.101. The zero-order valence-corrected chi connectivity index (χ0v) is 24.0. The van der Waals surface area contributed by atoms with Gasteiger partial charge in [-0.1, -0.05) is 11.6 Å². The van der Waals surface area contributed by atoms with E-state index in [4.69, 9.17) is 41.7 Å². The maximum Gasteiger partial charge on any atom is 0.459 e. The van der Waals surface area contributed by atoms with E-state index >= 15 is 0 Å². The zero-order chi connectivity index (χ0) is 29.7. The molecule has 3 unspecified atom stereocenters. The summed E-state index contributed by atoms with van der Waals surface area (Å²) in [7, 11) is -1.53. The number of imidazole rings is 1. The number of anilines is 2. The van der Waals surface area contributed by atoms with Crippen LogP contribution in [0.4, 0.5) is 11.8 Å². The number of carbonyl (C=O) groups excluding carboxylic acids is 1. The number of hydrogen-bond acceptors (Lipinski definition) is 14. The highest BCUT2D eigenvalue weighted by atomic mass is 35.5. The van der Waals surface area contributed by atoms with Gasteiger partial charge >= 0.3 is 13.7 Å². The summed E-state index contributed by atoms with van der Waals surface area (Å²) in [6.45, 7) is 0.844. The highest BCUT2D eigenvalue weighted by Crippen LogP contribution is 2.53. The van der Waals surface area contributed by atoms with Crippen LogP contribution in [0, 0.1) is 0 Å². The Morgan fingerprint density at radius 1 is 1.34 bits per heavy atom. The van der Waals surface area contributed by atoms with Crippen molar-refractivity contribution in [3.63, 3.8) is 0 Å². The van der Waals surface area contributed by atoms with E-state index < -0.39 is 49.9 Å². The molecule has 0 amide bonds. The van der Waals surface area contributed by atoms with Gasteiger partial charge in [0.15, 0.2) is 23.2 Å². The van der Waals surface area contributed by atoms with E-state index in [1.54, 1.807) is 7.05 Å². The highest BCUT2D eigenvalue weighted by molar-refractivity contribution is 7.52. The molecule has 2 aliphatic rings. The van der Waals surface area contributed by atoms with E-state index in [9.17, 15) is 19.6 Å². The van der Waals surface area contributed by atoms with Crippen molar-refractivity contribution < 1.29 is 38.1 Å². The second kappa shape index (κ2) is 10.6. The van der Waals surface area contributed by atoms with Crippen molar-refractivity contribution in [1.82, 2.24) is 24.6 Å². The number of nitrogen functional groups attached to an aromatic ring is 1. The monoisotopic (exact) mass is 612 g/mol. The number of ether oxygens (including phenoxy) is 2. The van der Waals surface area contributed by atoms with Crippen LogP contribution in [0.15, 0.2) is 30.6 Å². The third kappa shape index (κ3) is 5.57. The maximum absolute atomic E-state index is 13.9. The molecule has 1 saturated heterocycles. The topological polar surface area (TPSA) is 222 Å². The van der Waals surface area contributed by atoms with Crippen molar-refractivity contribution in [1.29, 1.82) is 0 Å². The molecule has 5 rings (SSSR count). The lowest BCUT2D eigenvalue weighted by Gasteiger charge is -2.27. The van der Waals surface area contributed by atoms with Crippen molar-refractivity contribution in [2.45, 2.75) is 49.3 Å². The predicted molar refractivity (Wildman–Crippen MR) is 146 cm³/mol. The van der Waals surface area contributed by atoms with Crippen molar-refractivity contribution in [3.05, 3.63) is 35.6 Å². The van der Waals surface area contributed by atoms with Crippen LogP contribution >= 0.6 is 19.3 Å². The van der Waals surface area contributed by atoms with Gasteiger partial charge in [-0.15, -0.1) is 0 Å². The fourth-order valence-corrected chi connectivity index (χ4v) is 6.42. The first-order valence-corrected chi connectivity index (χ1v) is 14.3. The molecule has 3 heterocycles. The van der Waals surface area contributed by atoms with Crippen LogP contribution in [-0.2, 0) is 23.4 Å². The predicted octanol–water partition coefficient (Wildman–Crippen LogP) is 0.880. The van der Waals surface area contributed by atoms with Crippen LogP contribution in [0.1, 0.15) is 26.0 Å². The number of nitrogens with zero attached hydrogens (tertiary/aromatic N) is 5. The molecule has 16 nitrogen and oxygen atoms in total. The van der Waals surface area contributed by atoms with Crippen molar-refractivity contribution >= 4 is 48.2 Å². The number of benzene rings is 1. The molecule has 0 radical (unpaired) electrons. The zero-order valence-electron chi connectivity index (χ0n) is 22.3. The Hall–Kier alpha value is -3.08. The van der Waals surface area contributed by atoms with Crippen molar-refractivity contribution in [3.8, 4) is 5.75 Å². The van der Waals surface area contributed by atoms with Gasteiger partial charge < -0.3 is 29.9 Å². The molecule has 222 valence electrons. The first-order chi connectivity index (χ1) is 19.3. The third-order valence-corrected chi connectivity index (χ3v) is 8.78. The van der Waals surface area contributed by atoms with Crippen LogP contribution in [0.5, 0.6) is 5.75 Å². The summed E-state index contributed by atoms with van der Waals surface area (Å²) in [5.74, 6) is 5.50. The number of aliphatic hydroxyl groups is 2. The molecule has 0 bridgehead atoms. The van der Waals surface area contributed by atoms with Crippen LogP contribution in [-0.4, -0.2) is 79.8 Å². The molecular formula is C23H30ClN8O8P. The second-order valence-corrected chi connectivity index (χ2v) is 12.2. The fraction of sp³-hybridized carbons (Fsp3) is 0.478. The quantitative estimate of drug-likeness (QED) is 0.0927.